The lowest BCUT2D eigenvalue weighted by Crippen LogP contribution is -2.25. The Morgan fingerprint density at radius 1 is 1.26 bits per heavy atom. The van der Waals surface area contributed by atoms with E-state index in [1.165, 1.54) is 0 Å². The Balaban J connectivity index is 1.87. The zero-order valence-corrected chi connectivity index (χ0v) is 11.7. The van der Waals surface area contributed by atoms with E-state index in [1.807, 2.05) is 24.3 Å². The van der Waals surface area contributed by atoms with Crippen molar-refractivity contribution in [3.05, 3.63) is 58.1 Å². The molecule has 0 saturated carbocycles. The number of para-hydroxylation sites is 1. The van der Waals surface area contributed by atoms with Crippen LogP contribution in [0.3, 0.4) is 0 Å². The third kappa shape index (κ3) is 2.24. The highest BCUT2D eigenvalue weighted by Gasteiger charge is 2.30. The van der Waals surface area contributed by atoms with Gasteiger partial charge in [-0.25, -0.2) is 0 Å². The number of nitrogens with two attached hydrogens (primary N) is 1. The summed E-state index contributed by atoms with van der Waals surface area (Å²) in [6.45, 7) is 0. The predicted molar refractivity (Wildman–Crippen MR) is 77.4 cm³/mol. The molecule has 2 N–H and O–H groups in total. The Hall–Kier alpha value is -1.81. The summed E-state index contributed by atoms with van der Waals surface area (Å²) < 4.78 is 6.41. The highest BCUT2D eigenvalue weighted by Crippen LogP contribution is 2.31. The Bertz CT molecular complexity index is 629. The van der Waals surface area contributed by atoms with Crippen molar-refractivity contribution in [2.75, 3.05) is 5.73 Å². The fraction of sp³-hybridized carbons (Fsp3) is 0.133. The number of Topliss-reactive ketones (excluding diaryl/α,β-unsaturated/α-hetero) is 1. The van der Waals surface area contributed by atoms with Crippen LogP contribution in [0.5, 0.6) is 5.75 Å². The normalized spacial score (nSPS) is 16.8. The molecule has 96 valence electrons. The number of carbonyl (C=O) groups excluding carboxylic acids is 1. The second kappa shape index (κ2) is 4.70. The lowest BCUT2D eigenvalue weighted by molar-refractivity contribution is 0.0824. The molecule has 2 aromatic rings. The standard InChI is InChI=1S/C15H12BrNO2/c16-12-8-10(17)5-6-11(12)15(18)14-7-9-3-1-2-4-13(9)19-14/h1-6,8,14H,7,17H2. The van der Waals surface area contributed by atoms with Crippen LogP contribution in [-0.4, -0.2) is 11.9 Å². The van der Waals surface area contributed by atoms with E-state index >= 15 is 0 Å². The van der Waals surface area contributed by atoms with Crippen LogP contribution in [0.4, 0.5) is 5.69 Å². The molecule has 0 saturated heterocycles. The molecule has 3 rings (SSSR count). The number of rotatable bonds is 2. The van der Waals surface area contributed by atoms with Gasteiger partial charge in [0.15, 0.2) is 6.10 Å². The van der Waals surface area contributed by atoms with Gasteiger partial charge in [-0.3, -0.25) is 4.79 Å². The Morgan fingerprint density at radius 2 is 2.05 bits per heavy atom. The first kappa shape index (κ1) is 12.2. The van der Waals surface area contributed by atoms with Gasteiger partial charge in [0.2, 0.25) is 5.78 Å². The maximum atomic E-state index is 12.5. The highest BCUT2D eigenvalue weighted by molar-refractivity contribution is 9.10. The average Bonchev–Trinajstić information content (AvgIpc) is 2.81. The minimum atomic E-state index is -0.447. The van der Waals surface area contributed by atoms with Gasteiger partial charge in [0.25, 0.3) is 0 Å². The molecule has 3 nitrogen and oxygen atoms in total. The van der Waals surface area contributed by atoms with Crippen molar-refractivity contribution in [2.24, 2.45) is 0 Å². The first-order chi connectivity index (χ1) is 9.15. The van der Waals surface area contributed by atoms with E-state index in [9.17, 15) is 4.79 Å². The van der Waals surface area contributed by atoms with Gasteiger partial charge < -0.3 is 10.5 Å². The van der Waals surface area contributed by atoms with Crippen molar-refractivity contribution in [1.29, 1.82) is 0 Å². The van der Waals surface area contributed by atoms with Crippen LogP contribution in [0.2, 0.25) is 0 Å². The fourth-order valence-electron chi connectivity index (χ4n) is 2.23. The number of hydrogen-bond donors (Lipinski definition) is 1. The van der Waals surface area contributed by atoms with E-state index in [-0.39, 0.29) is 5.78 Å². The van der Waals surface area contributed by atoms with Gasteiger partial charge in [0, 0.05) is 22.1 Å². The van der Waals surface area contributed by atoms with Crippen LogP contribution in [-0.2, 0) is 6.42 Å². The molecule has 0 radical (unpaired) electrons. The molecule has 0 aromatic heterocycles. The van der Waals surface area contributed by atoms with Crippen LogP contribution in [0.15, 0.2) is 46.9 Å². The Labute approximate surface area is 119 Å². The summed E-state index contributed by atoms with van der Waals surface area (Å²) in [6.07, 6.45) is 0.170. The summed E-state index contributed by atoms with van der Waals surface area (Å²) in [6, 6.07) is 12.9. The zero-order chi connectivity index (χ0) is 13.4. The summed E-state index contributed by atoms with van der Waals surface area (Å²) >= 11 is 3.37. The van der Waals surface area contributed by atoms with Crippen molar-refractivity contribution in [2.45, 2.75) is 12.5 Å². The zero-order valence-electron chi connectivity index (χ0n) is 10.1. The van der Waals surface area contributed by atoms with Crippen molar-refractivity contribution in [3.8, 4) is 5.75 Å². The molecule has 1 heterocycles. The van der Waals surface area contributed by atoms with Gasteiger partial charge in [-0.05, 0) is 45.8 Å². The van der Waals surface area contributed by atoms with Crippen LogP contribution in [0, 0.1) is 0 Å². The fourth-order valence-corrected chi connectivity index (χ4v) is 2.82. The molecule has 19 heavy (non-hydrogen) atoms. The predicted octanol–water partition coefficient (Wildman–Crippen LogP) is 3.22. The molecule has 0 aliphatic carbocycles. The summed E-state index contributed by atoms with van der Waals surface area (Å²) in [5, 5.41) is 0. The van der Waals surface area contributed by atoms with Gasteiger partial charge in [-0.15, -0.1) is 0 Å². The number of ether oxygens (including phenoxy) is 1. The lowest BCUT2D eigenvalue weighted by Gasteiger charge is -2.11. The quantitative estimate of drug-likeness (QED) is 0.683. The smallest absolute Gasteiger partial charge is 0.204 e. The van der Waals surface area contributed by atoms with Crippen LogP contribution in [0.25, 0.3) is 0 Å². The first-order valence-electron chi connectivity index (χ1n) is 5.99. The number of carbonyl (C=O) groups is 1. The lowest BCUT2D eigenvalue weighted by atomic mass is 10.0. The Kier molecular flexibility index (Phi) is 3.03. The Morgan fingerprint density at radius 3 is 2.79 bits per heavy atom. The monoisotopic (exact) mass is 317 g/mol. The molecular weight excluding hydrogens is 306 g/mol. The summed E-state index contributed by atoms with van der Waals surface area (Å²) in [5.74, 6) is 0.774. The minimum Gasteiger partial charge on any atom is -0.482 e. The first-order valence-corrected chi connectivity index (χ1v) is 6.78. The van der Waals surface area contributed by atoms with Gasteiger partial charge in [-0.1, -0.05) is 18.2 Å². The maximum absolute atomic E-state index is 12.5. The van der Waals surface area contributed by atoms with E-state index in [1.54, 1.807) is 18.2 Å². The molecule has 0 bridgehead atoms. The van der Waals surface area contributed by atoms with Crippen LogP contribution < -0.4 is 10.5 Å². The molecule has 1 atom stereocenters. The number of anilines is 1. The van der Waals surface area contributed by atoms with Crippen molar-refractivity contribution >= 4 is 27.4 Å². The number of halogens is 1. The second-order valence-corrected chi connectivity index (χ2v) is 5.38. The van der Waals surface area contributed by atoms with E-state index in [0.29, 0.717) is 22.1 Å². The highest BCUT2D eigenvalue weighted by atomic mass is 79.9. The van der Waals surface area contributed by atoms with E-state index in [0.717, 1.165) is 11.3 Å². The molecule has 1 aliphatic heterocycles. The minimum absolute atomic E-state index is 0.0249. The molecular formula is C15H12BrNO2. The summed E-state index contributed by atoms with van der Waals surface area (Å²) in [5.41, 5.74) is 7.98. The molecule has 1 unspecified atom stereocenters. The number of fused-ring (bicyclic) bond motifs is 1. The SMILES string of the molecule is Nc1ccc(C(=O)C2Cc3ccccc3O2)c(Br)c1. The van der Waals surface area contributed by atoms with E-state index in [2.05, 4.69) is 15.9 Å². The van der Waals surface area contributed by atoms with Crippen LogP contribution in [0.1, 0.15) is 15.9 Å². The van der Waals surface area contributed by atoms with E-state index < -0.39 is 6.10 Å². The third-order valence-corrected chi connectivity index (χ3v) is 3.85. The maximum Gasteiger partial charge on any atom is 0.204 e. The van der Waals surface area contributed by atoms with Crippen molar-refractivity contribution in [3.63, 3.8) is 0 Å². The molecule has 1 aliphatic rings. The van der Waals surface area contributed by atoms with Crippen molar-refractivity contribution in [1.82, 2.24) is 0 Å². The number of nitrogen functional groups attached to an aromatic ring is 1. The number of benzene rings is 2. The van der Waals surface area contributed by atoms with Gasteiger partial charge in [0.1, 0.15) is 5.75 Å². The molecule has 0 amide bonds. The molecule has 4 heteroatoms. The third-order valence-electron chi connectivity index (χ3n) is 3.20. The topological polar surface area (TPSA) is 52.3 Å². The summed E-state index contributed by atoms with van der Waals surface area (Å²) in [7, 11) is 0. The van der Waals surface area contributed by atoms with Crippen molar-refractivity contribution < 1.29 is 9.53 Å². The van der Waals surface area contributed by atoms with Crippen LogP contribution >= 0.6 is 15.9 Å². The van der Waals surface area contributed by atoms with Gasteiger partial charge >= 0.3 is 0 Å². The largest absolute Gasteiger partial charge is 0.482 e. The second-order valence-electron chi connectivity index (χ2n) is 4.52. The average molecular weight is 318 g/mol. The number of hydrogen-bond acceptors (Lipinski definition) is 3. The van der Waals surface area contributed by atoms with Gasteiger partial charge in [0.05, 0.1) is 0 Å². The summed E-state index contributed by atoms with van der Waals surface area (Å²) in [4.78, 5) is 12.5. The molecule has 2 aromatic carbocycles. The van der Waals surface area contributed by atoms with Gasteiger partial charge in [-0.2, -0.15) is 0 Å². The van der Waals surface area contributed by atoms with E-state index in [4.69, 9.17) is 10.5 Å². The number of ketones is 1. The molecule has 0 fully saturated rings. The molecule has 0 spiro atoms.